The zero-order chi connectivity index (χ0) is 29.6. The molecule has 0 aliphatic carbocycles. The summed E-state index contributed by atoms with van der Waals surface area (Å²) in [4.78, 5) is 30.2. The van der Waals surface area contributed by atoms with E-state index in [1.54, 1.807) is 31.3 Å². The normalized spacial score (nSPS) is 14.6. The van der Waals surface area contributed by atoms with Crippen molar-refractivity contribution in [2.24, 2.45) is 0 Å². The van der Waals surface area contributed by atoms with E-state index in [0.29, 0.717) is 30.1 Å². The van der Waals surface area contributed by atoms with Crippen molar-refractivity contribution in [3.05, 3.63) is 71.4 Å². The number of ether oxygens (including phenoxy) is 2. The molecule has 1 saturated heterocycles. The Morgan fingerprint density at radius 2 is 1.66 bits per heavy atom. The molecular weight excluding hydrogens is 547 g/mol. The number of benzene rings is 2. The summed E-state index contributed by atoms with van der Waals surface area (Å²) < 4.78 is 45.0. The van der Waals surface area contributed by atoms with Gasteiger partial charge in [0.15, 0.2) is 0 Å². The van der Waals surface area contributed by atoms with Gasteiger partial charge in [-0.1, -0.05) is 30.3 Å². The largest absolute Gasteiger partial charge is 0.636 e. The van der Waals surface area contributed by atoms with E-state index < -0.39 is 28.9 Å². The molecule has 12 heteroatoms. The minimum absolute atomic E-state index is 0.00619. The fraction of sp³-hybridized carbons (Fsp3) is 0.345. The standard InChI is InChI=1S/C29H33BN2O8S/c1-20-15-26(21(2)31-29(20)37-13-6-14-41(4,35)36)23-8-5-7-22(16-23)19-38-25-11-9-24(10-12-25)30-39-27(33)17-32(3)18-28(34)40-30/h5,7-12,15-16H,6,13-14,17-19H2,1-4H3. The molecule has 216 valence electrons. The van der Waals surface area contributed by atoms with E-state index in [1.165, 1.54) is 11.2 Å². The summed E-state index contributed by atoms with van der Waals surface area (Å²) in [5.74, 6) is 0.230. The molecule has 1 aromatic heterocycles. The van der Waals surface area contributed by atoms with Crippen LogP contribution < -0.4 is 14.9 Å². The number of aryl methyl sites for hydroxylation is 2. The van der Waals surface area contributed by atoms with E-state index in [4.69, 9.17) is 18.8 Å². The number of likely N-dealkylation sites (N-methyl/N-ethyl adjacent to an activating group) is 1. The second-order valence-corrected chi connectivity index (χ2v) is 12.4. The van der Waals surface area contributed by atoms with Crippen molar-refractivity contribution in [2.45, 2.75) is 26.9 Å². The van der Waals surface area contributed by atoms with Crippen LogP contribution in [0.25, 0.3) is 11.1 Å². The maximum Gasteiger partial charge on any atom is 0.636 e. The van der Waals surface area contributed by atoms with Crippen molar-refractivity contribution in [1.82, 2.24) is 9.88 Å². The lowest BCUT2D eigenvalue weighted by atomic mass is 9.78. The summed E-state index contributed by atoms with van der Waals surface area (Å²) in [5.41, 5.74) is 5.09. The van der Waals surface area contributed by atoms with Crippen LogP contribution in [0.4, 0.5) is 0 Å². The quantitative estimate of drug-likeness (QED) is 0.261. The van der Waals surface area contributed by atoms with Crippen LogP contribution in [-0.4, -0.2) is 76.1 Å². The van der Waals surface area contributed by atoms with Crippen molar-refractivity contribution < 1.29 is 36.8 Å². The molecule has 10 nitrogen and oxygen atoms in total. The van der Waals surface area contributed by atoms with E-state index in [-0.39, 0.29) is 25.4 Å². The molecule has 0 saturated carbocycles. The minimum atomic E-state index is -3.02. The van der Waals surface area contributed by atoms with Crippen molar-refractivity contribution >= 4 is 34.4 Å². The van der Waals surface area contributed by atoms with Crippen LogP contribution in [-0.2, 0) is 35.3 Å². The van der Waals surface area contributed by atoms with Gasteiger partial charge >= 0.3 is 19.1 Å². The number of carbonyl (C=O) groups excluding carboxylic acids is 2. The van der Waals surface area contributed by atoms with Crippen LogP contribution in [0.15, 0.2) is 54.6 Å². The maximum absolute atomic E-state index is 12.0. The molecule has 4 rings (SSSR count). The molecule has 0 spiro atoms. The van der Waals surface area contributed by atoms with E-state index in [1.807, 2.05) is 44.2 Å². The SMILES string of the molecule is Cc1cc(-c2cccc(COc3ccc(B4OC(=O)CN(C)CC(=O)O4)cc3)c2)c(C)nc1OCCCS(C)(=O)=O. The number of hydrogen-bond acceptors (Lipinski definition) is 10. The Bertz CT molecular complexity index is 1490. The fourth-order valence-corrected chi connectivity index (χ4v) is 4.94. The van der Waals surface area contributed by atoms with E-state index >= 15 is 0 Å². The average Bonchev–Trinajstić information content (AvgIpc) is 2.90. The maximum atomic E-state index is 12.0. The molecule has 0 bridgehead atoms. The van der Waals surface area contributed by atoms with Gasteiger partial charge in [-0.15, -0.1) is 0 Å². The molecule has 1 aliphatic heterocycles. The second kappa shape index (κ2) is 13.2. The van der Waals surface area contributed by atoms with Crippen molar-refractivity contribution in [3.8, 4) is 22.8 Å². The first-order valence-electron chi connectivity index (χ1n) is 13.2. The molecular formula is C29H33BN2O8S. The molecule has 0 unspecified atom stereocenters. The first-order valence-corrected chi connectivity index (χ1v) is 15.2. The summed E-state index contributed by atoms with van der Waals surface area (Å²) in [6, 6.07) is 16.8. The van der Waals surface area contributed by atoms with Gasteiger partial charge in [0.1, 0.15) is 22.2 Å². The van der Waals surface area contributed by atoms with Crippen molar-refractivity contribution in [2.75, 3.05) is 38.8 Å². The van der Waals surface area contributed by atoms with Crippen LogP contribution in [0, 0.1) is 13.8 Å². The lowest BCUT2D eigenvalue weighted by molar-refractivity contribution is -0.145. The predicted molar refractivity (Wildman–Crippen MR) is 155 cm³/mol. The topological polar surface area (TPSA) is 121 Å². The van der Waals surface area contributed by atoms with Crippen molar-refractivity contribution in [3.63, 3.8) is 0 Å². The third-order valence-corrected chi connectivity index (χ3v) is 7.36. The van der Waals surface area contributed by atoms with Gasteiger partial charge in [-0.25, -0.2) is 13.4 Å². The first kappa shape index (κ1) is 30.1. The minimum Gasteiger partial charge on any atom is -0.494 e. The van der Waals surface area contributed by atoms with Gasteiger partial charge in [0.25, 0.3) is 0 Å². The van der Waals surface area contributed by atoms with Gasteiger partial charge in [-0.2, -0.15) is 0 Å². The fourth-order valence-electron chi connectivity index (χ4n) is 4.30. The Hall–Kier alpha value is -3.90. The average molecular weight is 580 g/mol. The second-order valence-electron chi connectivity index (χ2n) is 10.1. The highest BCUT2D eigenvalue weighted by Gasteiger charge is 2.33. The molecule has 0 atom stereocenters. The van der Waals surface area contributed by atoms with Crippen molar-refractivity contribution in [1.29, 1.82) is 0 Å². The van der Waals surface area contributed by atoms with Gasteiger partial charge in [-0.3, -0.25) is 14.5 Å². The molecule has 0 N–H and O–H groups in total. The number of carbonyl (C=O) groups is 2. The summed E-state index contributed by atoms with van der Waals surface area (Å²) in [6.07, 6.45) is 1.62. The number of hydrogen-bond donors (Lipinski definition) is 0. The van der Waals surface area contributed by atoms with Crippen LogP contribution >= 0.6 is 0 Å². The monoisotopic (exact) mass is 580 g/mol. The van der Waals surface area contributed by atoms with Gasteiger partial charge in [0, 0.05) is 28.5 Å². The molecule has 1 fully saturated rings. The highest BCUT2D eigenvalue weighted by Crippen LogP contribution is 2.28. The highest BCUT2D eigenvalue weighted by molar-refractivity contribution is 7.90. The Morgan fingerprint density at radius 1 is 0.976 bits per heavy atom. The highest BCUT2D eigenvalue weighted by atomic mass is 32.2. The Labute approximate surface area is 240 Å². The molecule has 0 radical (unpaired) electrons. The Balaban J connectivity index is 1.38. The van der Waals surface area contributed by atoms with Gasteiger partial charge in [-0.05, 0) is 62.7 Å². The third-order valence-electron chi connectivity index (χ3n) is 6.33. The summed E-state index contributed by atoms with van der Waals surface area (Å²) >= 11 is 0. The molecule has 41 heavy (non-hydrogen) atoms. The molecule has 0 amide bonds. The zero-order valence-electron chi connectivity index (χ0n) is 23.6. The number of rotatable bonds is 10. The summed E-state index contributed by atoms with van der Waals surface area (Å²) in [6.45, 7) is 4.43. The third kappa shape index (κ3) is 8.79. The lowest BCUT2D eigenvalue weighted by Gasteiger charge is -2.22. The van der Waals surface area contributed by atoms with Gasteiger partial charge in [0.05, 0.1) is 25.4 Å². The van der Waals surface area contributed by atoms with Crippen LogP contribution in [0.1, 0.15) is 23.2 Å². The number of nitrogens with zero attached hydrogens (tertiary/aromatic N) is 2. The molecule has 1 aliphatic rings. The van der Waals surface area contributed by atoms with Crippen LogP contribution in [0.3, 0.4) is 0 Å². The first-order chi connectivity index (χ1) is 19.5. The van der Waals surface area contributed by atoms with Crippen LogP contribution in [0.5, 0.6) is 11.6 Å². The summed E-state index contributed by atoms with van der Waals surface area (Å²) in [7, 11) is -2.48. The van der Waals surface area contributed by atoms with Gasteiger partial charge < -0.3 is 18.8 Å². The summed E-state index contributed by atoms with van der Waals surface area (Å²) in [5, 5.41) is 0. The van der Waals surface area contributed by atoms with Crippen LogP contribution in [0.2, 0.25) is 0 Å². The van der Waals surface area contributed by atoms with E-state index in [9.17, 15) is 18.0 Å². The number of aromatic nitrogens is 1. The number of pyridine rings is 1. The Kier molecular flexibility index (Phi) is 9.67. The van der Waals surface area contributed by atoms with E-state index in [0.717, 1.165) is 27.9 Å². The number of sulfone groups is 1. The Morgan fingerprint density at radius 3 is 2.32 bits per heavy atom. The van der Waals surface area contributed by atoms with E-state index in [2.05, 4.69) is 4.98 Å². The zero-order valence-corrected chi connectivity index (χ0v) is 24.4. The molecule has 2 aromatic carbocycles. The predicted octanol–water partition coefficient (Wildman–Crippen LogP) is 2.48. The lowest BCUT2D eigenvalue weighted by Crippen LogP contribution is -2.47. The van der Waals surface area contributed by atoms with Gasteiger partial charge in [0.2, 0.25) is 5.88 Å². The molecule has 3 aromatic rings. The molecule has 2 heterocycles. The smallest absolute Gasteiger partial charge is 0.494 e.